The molecule has 1 fully saturated rings. The van der Waals surface area contributed by atoms with Crippen LogP contribution in [0.1, 0.15) is 23.2 Å². The summed E-state index contributed by atoms with van der Waals surface area (Å²) in [5.41, 5.74) is 4.41. The largest absolute Gasteiger partial charge is 0.338 e. The average Bonchev–Trinajstić information content (AvgIpc) is 2.29. The molecule has 0 saturated carbocycles. The number of hydrogen-bond donors (Lipinski definition) is 3. The summed E-state index contributed by atoms with van der Waals surface area (Å²) in [6.07, 6.45) is 2.61. The van der Waals surface area contributed by atoms with Crippen LogP contribution in [0.2, 0.25) is 0 Å². The molecule has 1 aliphatic rings. The maximum Gasteiger partial charge on any atom is 0.325 e. The van der Waals surface area contributed by atoms with Gasteiger partial charge in [0.15, 0.2) is 0 Å². The monoisotopic (exact) mass is 238 g/mol. The van der Waals surface area contributed by atoms with Gasteiger partial charge in [-0.3, -0.25) is 14.6 Å². The van der Waals surface area contributed by atoms with Crippen LogP contribution in [-0.4, -0.2) is 39.9 Å². The number of aromatic amines is 2. The number of amides is 1. The zero-order valence-electron chi connectivity index (χ0n) is 9.23. The third-order valence-electron chi connectivity index (χ3n) is 2.88. The van der Waals surface area contributed by atoms with Crippen LogP contribution >= 0.6 is 0 Å². The zero-order chi connectivity index (χ0) is 12.4. The van der Waals surface area contributed by atoms with Gasteiger partial charge < -0.3 is 15.6 Å². The maximum atomic E-state index is 12.0. The minimum atomic E-state index is -0.659. The molecule has 0 aromatic carbocycles. The lowest BCUT2D eigenvalue weighted by molar-refractivity contribution is 0.0712. The van der Waals surface area contributed by atoms with Crippen LogP contribution in [0, 0.1) is 0 Å². The second-order valence-corrected chi connectivity index (χ2v) is 4.12. The Bertz CT molecular complexity index is 525. The van der Waals surface area contributed by atoms with Crippen LogP contribution in [0.25, 0.3) is 0 Å². The van der Waals surface area contributed by atoms with Crippen molar-refractivity contribution in [2.75, 3.05) is 13.1 Å². The van der Waals surface area contributed by atoms with Gasteiger partial charge in [0, 0.05) is 25.3 Å². The Morgan fingerprint density at radius 1 is 1.35 bits per heavy atom. The fourth-order valence-electron chi connectivity index (χ4n) is 1.84. The van der Waals surface area contributed by atoms with Crippen LogP contribution in [0.4, 0.5) is 0 Å². The Morgan fingerprint density at radius 2 is 2.00 bits per heavy atom. The molecule has 1 aromatic rings. The van der Waals surface area contributed by atoms with Crippen molar-refractivity contribution < 1.29 is 4.79 Å². The van der Waals surface area contributed by atoms with Gasteiger partial charge in [0.1, 0.15) is 5.56 Å². The SMILES string of the molecule is NC1CCN(C(=O)c2c[nH]c(=O)[nH]c2=O)CC1. The van der Waals surface area contributed by atoms with E-state index in [1.54, 1.807) is 4.90 Å². The summed E-state index contributed by atoms with van der Waals surface area (Å²) in [5, 5.41) is 0. The summed E-state index contributed by atoms with van der Waals surface area (Å²) in [6.45, 7) is 1.08. The molecule has 0 atom stereocenters. The highest BCUT2D eigenvalue weighted by atomic mass is 16.2. The van der Waals surface area contributed by atoms with Crippen molar-refractivity contribution in [3.63, 3.8) is 0 Å². The Hall–Kier alpha value is -1.89. The summed E-state index contributed by atoms with van der Waals surface area (Å²) < 4.78 is 0. The first-order valence-corrected chi connectivity index (χ1v) is 5.45. The first kappa shape index (κ1) is 11.6. The molecule has 4 N–H and O–H groups in total. The number of carbonyl (C=O) groups is 1. The van der Waals surface area contributed by atoms with Gasteiger partial charge >= 0.3 is 5.69 Å². The standard InChI is InChI=1S/C10H14N4O3/c11-6-1-3-14(4-2-6)9(16)7-5-12-10(17)13-8(7)15/h5-6H,1-4,11H2,(H2,12,13,15,17). The quantitative estimate of drug-likeness (QED) is 0.560. The van der Waals surface area contributed by atoms with Gasteiger partial charge in [-0.25, -0.2) is 4.79 Å². The van der Waals surface area contributed by atoms with Crippen molar-refractivity contribution in [1.29, 1.82) is 0 Å². The van der Waals surface area contributed by atoms with Crippen LogP contribution in [0.3, 0.4) is 0 Å². The van der Waals surface area contributed by atoms with E-state index >= 15 is 0 Å². The smallest absolute Gasteiger partial charge is 0.325 e. The Morgan fingerprint density at radius 3 is 2.59 bits per heavy atom. The van der Waals surface area contributed by atoms with Gasteiger partial charge in [-0.2, -0.15) is 0 Å². The van der Waals surface area contributed by atoms with Crippen LogP contribution < -0.4 is 17.0 Å². The van der Waals surface area contributed by atoms with E-state index in [1.165, 1.54) is 0 Å². The predicted molar refractivity (Wildman–Crippen MR) is 60.8 cm³/mol. The molecule has 1 amide bonds. The van der Waals surface area contributed by atoms with E-state index < -0.39 is 11.2 Å². The van der Waals surface area contributed by atoms with Crippen molar-refractivity contribution in [2.24, 2.45) is 5.73 Å². The number of likely N-dealkylation sites (tertiary alicyclic amines) is 1. The highest BCUT2D eigenvalue weighted by Crippen LogP contribution is 2.10. The number of H-pyrrole nitrogens is 2. The Labute approximate surface area is 96.6 Å². The molecule has 1 aliphatic heterocycles. The molecule has 1 aromatic heterocycles. The molecule has 7 nitrogen and oxygen atoms in total. The van der Waals surface area contributed by atoms with Crippen molar-refractivity contribution in [1.82, 2.24) is 14.9 Å². The molecular formula is C10H14N4O3. The summed E-state index contributed by atoms with van der Waals surface area (Å²) in [5.74, 6) is -0.366. The van der Waals surface area contributed by atoms with Gasteiger partial charge in [0.05, 0.1) is 0 Å². The van der Waals surface area contributed by atoms with Gasteiger partial charge in [-0.05, 0) is 12.8 Å². The predicted octanol–water partition coefficient (Wildman–Crippen LogP) is -1.37. The molecule has 2 heterocycles. The Balaban J connectivity index is 2.20. The highest BCUT2D eigenvalue weighted by molar-refractivity contribution is 5.93. The number of aromatic nitrogens is 2. The molecule has 0 unspecified atom stereocenters. The van der Waals surface area contributed by atoms with Crippen molar-refractivity contribution in [3.8, 4) is 0 Å². The third kappa shape index (κ3) is 2.44. The molecule has 92 valence electrons. The van der Waals surface area contributed by atoms with Crippen LogP contribution in [-0.2, 0) is 0 Å². The maximum absolute atomic E-state index is 12.0. The average molecular weight is 238 g/mol. The topological polar surface area (TPSA) is 112 Å². The van der Waals surface area contributed by atoms with Gasteiger partial charge in [0.2, 0.25) is 0 Å². The lowest BCUT2D eigenvalue weighted by Gasteiger charge is -2.29. The molecule has 0 aliphatic carbocycles. The van der Waals surface area contributed by atoms with E-state index in [2.05, 4.69) is 4.98 Å². The van der Waals surface area contributed by atoms with Gasteiger partial charge in [-0.15, -0.1) is 0 Å². The van der Waals surface area contributed by atoms with Gasteiger partial charge in [-0.1, -0.05) is 0 Å². The summed E-state index contributed by atoms with van der Waals surface area (Å²) >= 11 is 0. The van der Waals surface area contributed by atoms with Crippen molar-refractivity contribution in [2.45, 2.75) is 18.9 Å². The highest BCUT2D eigenvalue weighted by Gasteiger charge is 2.23. The summed E-state index contributed by atoms with van der Waals surface area (Å²) in [7, 11) is 0. The molecule has 0 spiro atoms. The fourth-order valence-corrected chi connectivity index (χ4v) is 1.84. The van der Waals surface area contributed by atoms with Crippen LogP contribution in [0.15, 0.2) is 15.8 Å². The second kappa shape index (κ2) is 4.54. The minimum Gasteiger partial charge on any atom is -0.338 e. The van der Waals surface area contributed by atoms with Crippen molar-refractivity contribution in [3.05, 3.63) is 32.6 Å². The number of nitrogens with zero attached hydrogens (tertiary/aromatic N) is 1. The first-order chi connectivity index (χ1) is 8.08. The van der Waals surface area contributed by atoms with E-state index in [4.69, 9.17) is 5.73 Å². The fraction of sp³-hybridized carbons (Fsp3) is 0.500. The minimum absolute atomic E-state index is 0.0416. The third-order valence-corrected chi connectivity index (χ3v) is 2.88. The molecule has 2 rings (SSSR count). The molecule has 0 radical (unpaired) electrons. The van der Waals surface area contributed by atoms with E-state index in [0.29, 0.717) is 13.1 Å². The Kier molecular flexibility index (Phi) is 3.10. The number of nitrogens with two attached hydrogens (primary N) is 1. The normalized spacial score (nSPS) is 17.1. The number of nitrogens with one attached hydrogen (secondary N) is 2. The molecule has 7 heteroatoms. The molecule has 1 saturated heterocycles. The lowest BCUT2D eigenvalue weighted by atomic mass is 10.1. The van der Waals surface area contributed by atoms with Crippen molar-refractivity contribution >= 4 is 5.91 Å². The van der Waals surface area contributed by atoms with E-state index in [9.17, 15) is 14.4 Å². The summed E-state index contributed by atoms with van der Waals surface area (Å²) in [6, 6.07) is 0.118. The van der Waals surface area contributed by atoms with E-state index in [0.717, 1.165) is 19.0 Å². The number of piperidine rings is 1. The lowest BCUT2D eigenvalue weighted by Crippen LogP contribution is -2.44. The summed E-state index contributed by atoms with van der Waals surface area (Å²) in [4.78, 5) is 40.1. The van der Waals surface area contributed by atoms with E-state index in [-0.39, 0.29) is 17.5 Å². The van der Waals surface area contributed by atoms with Gasteiger partial charge in [0.25, 0.3) is 11.5 Å². The number of carbonyl (C=O) groups excluding carboxylic acids is 1. The number of rotatable bonds is 1. The van der Waals surface area contributed by atoms with Crippen LogP contribution in [0.5, 0.6) is 0 Å². The molecule has 0 bridgehead atoms. The number of hydrogen-bond acceptors (Lipinski definition) is 4. The second-order valence-electron chi connectivity index (χ2n) is 4.12. The van der Waals surface area contributed by atoms with E-state index in [1.807, 2.05) is 4.98 Å². The molecular weight excluding hydrogens is 224 g/mol. The molecule has 17 heavy (non-hydrogen) atoms. The zero-order valence-corrected chi connectivity index (χ0v) is 9.23. The first-order valence-electron chi connectivity index (χ1n) is 5.45.